The maximum absolute atomic E-state index is 12.3. The number of hydrogen-bond donors (Lipinski definition) is 2. The van der Waals surface area contributed by atoms with E-state index in [2.05, 4.69) is 0 Å². The Morgan fingerprint density at radius 2 is 1.00 bits per heavy atom. The van der Waals surface area contributed by atoms with Gasteiger partial charge in [0.25, 0.3) is 0 Å². The molecule has 0 saturated carbocycles. The average molecular weight is 481 g/mol. The van der Waals surface area contributed by atoms with Gasteiger partial charge in [0.05, 0.1) is 0 Å². The van der Waals surface area contributed by atoms with E-state index in [1.807, 2.05) is 52.0 Å². The molecule has 2 amide bonds. The van der Waals surface area contributed by atoms with Crippen molar-refractivity contribution < 1.29 is 29.4 Å². The van der Waals surface area contributed by atoms with Crippen molar-refractivity contribution in [2.24, 2.45) is 0 Å². The Bertz CT molecular complexity index is 885. The molecule has 10 heteroatoms. The van der Waals surface area contributed by atoms with Crippen LogP contribution in [0.3, 0.4) is 0 Å². The van der Waals surface area contributed by atoms with Crippen molar-refractivity contribution in [1.82, 2.24) is 9.80 Å². The lowest BCUT2D eigenvalue weighted by atomic mass is 10.00. The molecule has 0 bridgehead atoms. The van der Waals surface area contributed by atoms with Crippen molar-refractivity contribution in [3.63, 3.8) is 0 Å². The molecule has 0 radical (unpaired) electrons. The second-order valence-corrected chi connectivity index (χ2v) is 12.6. The Labute approximate surface area is 195 Å². The molecule has 0 aliphatic carbocycles. The number of aliphatic carboxylic acids is 2. The van der Waals surface area contributed by atoms with E-state index in [9.17, 15) is 29.4 Å². The molecule has 174 valence electrons. The summed E-state index contributed by atoms with van der Waals surface area (Å²) >= 11 is 2.84. The first-order valence-electron chi connectivity index (χ1n) is 10.2. The molecule has 1 aromatic carbocycles. The predicted molar refractivity (Wildman–Crippen MR) is 123 cm³/mol. The third-order valence-electron chi connectivity index (χ3n) is 5.91. The minimum Gasteiger partial charge on any atom is -0.480 e. The zero-order chi connectivity index (χ0) is 24.2. The van der Waals surface area contributed by atoms with Crippen molar-refractivity contribution in [2.45, 2.75) is 73.9 Å². The molecule has 3 rings (SSSR count). The second kappa shape index (κ2) is 8.30. The third-order valence-corrected chi connectivity index (χ3v) is 9.02. The van der Waals surface area contributed by atoms with Crippen LogP contribution in [-0.4, -0.2) is 65.3 Å². The van der Waals surface area contributed by atoms with Gasteiger partial charge in [0, 0.05) is 23.3 Å². The van der Waals surface area contributed by atoms with Crippen LogP contribution in [-0.2, 0) is 19.2 Å². The molecule has 4 atom stereocenters. The average Bonchev–Trinajstić information content (AvgIpc) is 3.11. The van der Waals surface area contributed by atoms with Crippen molar-refractivity contribution in [2.75, 3.05) is 0 Å². The summed E-state index contributed by atoms with van der Waals surface area (Å²) in [4.78, 5) is 51.3. The van der Waals surface area contributed by atoms with Crippen LogP contribution in [0.15, 0.2) is 24.3 Å². The van der Waals surface area contributed by atoms with Crippen LogP contribution >= 0.6 is 23.5 Å². The molecule has 32 heavy (non-hydrogen) atoms. The molecule has 0 spiro atoms. The fourth-order valence-electron chi connectivity index (χ4n) is 4.57. The molecule has 2 aliphatic heterocycles. The highest BCUT2D eigenvalue weighted by Crippen LogP contribution is 2.54. The number of hydrogen-bond acceptors (Lipinski definition) is 6. The van der Waals surface area contributed by atoms with E-state index in [4.69, 9.17) is 0 Å². The highest BCUT2D eigenvalue weighted by atomic mass is 32.2. The topological polar surface area (TPSA) is 115 Å². The van der Waals surface area contributed by atoms with Crippen LogP contribution in [0.4, 0.5) is 0 Å². The molecule has 0 aromatic heterocycles. The summed E-state index contributed by atoms with van der Waals surface area (Å²) in [6.45, 7) is 9.99. The van der Waals surface area contributed by atoms with Crippen molar-refractivity contribution in [1.29, 1.82) is 0 Å². The minimum atomic E-state index is -1.04. The van der Waals surface area contributed by atoms with Crippen LogP contribution in [0.25, 0.3) is 0 Å². The first kappa shape index (κ1) is 24.4. The van der Waals surface area contributed by atoms with Crippen LogP contribution < -0.4 is 0 Å². The zero-order valence-corrected chi connectivity index (χ0v) is 20.5. The maximum atomic E-state index is 12.3. The molecule has 0 unspecified atom stereocenters. The van der Waals surface area contributed by atoms with E-state index in [-0.39, 0.29) is 11.8 Å². The maximum Gasteiger partial charge on any atom is 0.327 e. The highest BCUT2D eigenvalue weighted by molar-refractivity contribution is 8.01. The van der Waals surface area contributed by atoms with Gasteiger partial charge >= 0.3 is 11.9 Å². The number of carboxylic acids is 2. The second-order valence-electron chi connectivity index (χ2n) is 9.15. The first-order chi connectivity index (χ1) is 14.7. The van der Waals surface area contributed by atoms with Crippen LogP contribution in [0.2, 0.25) is 0 Å². The van der Waals surface area contributed by atoms with Gasteiger partial charge in [-0.25, -0.2) is 9.59 Å². The number of benzene rings is 1. The SMILES string of the molecule is CC(=O)N1[C@@H](c2ccc([C@H]3SC(C)(C)[C@H](C(=O)O)N3C(C)=O)cc2)SC(C)(C)[C@@H]1C(=O)O. The molecular formula is C22H28N2O6S2. The normalized spacial score (nSPS) is 28.6. The van der Waals surface area contributed by atoms with Gasteiger partial charge in [-0.2, -0.15) is 0 Å². The van der Waals surface area contributed by atoms with Gasteiger partial charge in [0.2, 0.25) is 11.8 Å². The molecule has 2 heterocycles. The molecule has 1 aromatic rings. The van der Waals surface area contributed by atoms with Crippen molar-refractivity contribution in [3.05, 3.63) is 35.4 Å². The van der Waals surface area contributed by atoms with Crippen LogP contribution in [0, 0.1) is 0 Å². The number of rotatable bonds is 4. The molecular weight excluding hydrogens is 452 g/mol. The predicted octanol–water partition coefficient (Wildman–Crippen LogP) is 3.34. The number of nitrogens with zero attached hydrogens (tertiary/aromatic N) is 2. The van der Waals surface area contributed by atoms with Gasteiger partial charge in [-0.3, -0.25) is 9.59 Å². The summed E-state index contributed by atoms with van der Waals surface area (Å²) < 4.78 is -1.35. The fraction of sp³-hybridized carbons (Fsp3) is 0.545. The van der Waals surface area contributed by atoms with E-state index in [1.54, 1.807) is 0 Å². The van der Waals surface area contributed by atoms with E-state index < -0.39 is 44.3 Å². The van der Waals surface area contributed by atoms with Crippen molar-refractivity contribution in [3.8, 4) is 0 Å². The van der Waals surface area contributed by atoms with Gasteiger partial charge in [-0.05, 0) is 38.8 Å². The van der Waals surface area contributed by atoms with E-state index in [1.165, 1.54) is 47.2 Å². The Balaban J connectivity index is 1.96. The summed E-state index contributed by atoms with van der Waals surface area (Å²) in [5, 5.41) is 18.5. The third kappa shape index (κ3) is 4.10. The fourth-order valence-corrected chi connectivity index (χ4v) is 7.76. The lowest BCUT2D eigenvalue weighted by molar-refractivity contribution is -0.150. The summed E-state index contributed by atoms with van der Waals surface area (Å²) in [6.07, 6.45) is 0. The smallest absolute Gasteiger partial charge is 0.327 e. The Kier molecular flexibility index (Phi) is 6.34. The Morgan fingerprint density at radius 3 is 1.22 bits per heavy atom. The highest BCUT2D eigenvalue weighted by Gasteiger charge is 2.54. The van der Waals surface area contributed by atoms with Crippen LogP contribution in [0.5, 0.6) is 0 Å². The van der Waals surface area contributed by atoms with Gasteiger partial charge < -0.3 is 20.0 Å². The van der Waals surface area contributed by atoms with Gasteiger partial charge in [-0.1, -0.05) is 24.3 Å². The number of amides is 2. The number of carbonyl (C=O) groups excluding carboxylic acids is 2. The first-order valence-corrected chi connectivity index (χ1v) is 11.9. The number of thioether (sulfide) groups is 2. The largest absolute Gasteiger partial charge is 0.480 e. The van der Waals surface area contributed by atoms with Crippen LogP contribution in [0.1, 0.15) is 63.4 Å². The quantitative estimate of drug-likeness (QED) is 0.674. The lowest BCUT2D eigenvalue weighted by Crippen LogP contribution is -2.48. The van der Waals surface area contributed by atoms with Gasteiger partial charge in [0.15, 0.2) is 0 Å². The molecule has 2 N–H and O–H groups in total. The molecule has 8 nitrogen and oxygen atoms in total. The lowest BCUT2D eigenvalue weighted by Gasteiger charge is -2.29. The van der Waals surface area contributed by atoms with E-state index >= 15 is 0 Å². The summed E-state index contributed by atoms with van der Waals surface area (Å²) in [6, 6.07) is 5.38. The molecule has 2 saturated heterocycles. The zero-order valence-electron chi connectivity index (χ0n) is 18.9. The molecule has 2 fully saturated rings. The van der Waals surface area contributed by atoms with E-state index in [0.29, 0.717) is 0 Å². The monoisotopic (exact) mass is 480 g/mol. The van der Waals surface area contributed by atoms with Gasteiger partial charge in [0.1, 0.15) is 22.8 Å². The number of carbonyl (C=O) groups is 4. The minimum absolute atomic E-state index is 0.315. The summed E-state index contributed by atoms with van der Waals surface area (Å²) in [7, 11) is 0. The summed E-state index contributed by atoms with van der Waals surface area (Å²) in [5.74, 6) is -2.72. The van der Waals surface area contributed by atoms with Crippen molar-refractivity contribution >= 4 is 47.3 Å². The standard InChI is InChI=1S/C22H28N2O6S2/c1-11(25)23-15(19(27)28)21(3,4)31-17(23)13-7-9-14(10-8-13)18-24(12(2)26)16(20(29)30)22(5,6)32-18/h7-10,15-18H,1-6H3,(H,27,28)(H,29,30)/t15-,16-,17+,18+/m0/s1. The van der Waals surface area contributed by atoms with E-state index in [0.717, 1.165) is 11.1 Å². The van der Waals surface area contributed by atoms with Gasteiger partial charge in [-0.15, -0.1) is 23.5 Å². The Morgan fingerprint density at radius 1 is 0.719 bits per heavy atom. The summed E-state index contributed by atoms with van der Waals surface area (Å²) in [5.41, 5.74) is 1.55. The number of carboxylic acid groups (broad SMARTS) is 2. The Hall–Kier alpha value is -2.20. The molecule has 2 aliphatic rings.